The van der Waals surface area contributed by atoms with Gasteiger partial charge in [-0.05, 0) is 36.5 Å². The van der Waals surface area contributed by atoms with Crippen molar-refractivity contribution in [3.8, 4) is 5.75 Å². The Hall–Kier alpha value is -1.75. The zero-order chi connectivity index (χ0) is 17.1. The number of guanidine groups is 1. The first-order chi connectivity index (χ1) is 11.1. The molecule has 0 saturated heterocycles. The van der Waals surface area contributed by atoms with E-state index in [4.69, 9.17) is 9.47 Å². The fourth-order valence-electron chi connectivity index (χ4n) is 2.08. The Bertz CT molecular complexity index is 487. The molecule has 130 valence electrons. The number of aliphatic imine (C=N–C) groups is 1. The van der Waals surface area contributed by atoms with Crippen LogP contribution in [0.3, 0.4) is 0 Å². The van der Waals surface area contributed by atoms with Crippen molar-refractivity contribution in [1.29, 1.82) is 0 Å². The summed E-state index contributed by atoms with van der Waals surface area (Å²) in [5, 5.41) is 6.60. The lowest BCUT2D eigenvalue weighted by Gasteiger charge is -2.13. The molecule has 0 amide bonds. The molecule has 23 heavy (non-hydrogen) atoms. The largest absolute Gasteiger partial charge is 0.496 e. The monoisotopic (exact) mass is 321 g/mol. The third kappa shape index (κ3) is 7.88. The topological polar surface area (TPSA) is 54.9 Å². The molecule has 5 nitrogen and oxygen atoms in total. The highest BCUT2D eigenvalue weighted by atomic mass is 16.5. The third-order valence-corrected chi connectivity index (χ3v) is 3.37. The molecule has 2 N–H and O–H groups in total. The number of nitrogens with zero attached hydrogens (tertiary/aromatic N) is 1. The van der Waals surface area contributed by atoms with Crippen LogP contribution in [0.4, 0.5) is 0 Å². The predicted octanol–water partition coefficient (Wildman–Crippen LogP) is 2.73. The third-order valence-electron chi connectivity index (χ3n) is 3.37. The van der Waals surface area contributed by atoms with Crippen molar-refractivity contribution in [1.82, 2.24) is 10.6 Å². The van der Waals surface area contributed by atoms with E-state index in [1.54, 1.807) is 14.2 Å². The van der Waals surface area contributed by atoms with Gasteiger partial charge in [-0.25, -0.2) is 0 Å². The molecule has 1 rings (SSSR count). The van der Waals surface area contributed by atoms with Gasteiger partial charge in [0.05, 0.1) is 7.11 Å². The van der Waals surface area contributed by atoms with E-state index < -0.39 is 0 Å². The summed E-state index contributed by atoms with van der Waals surface area (Å²) in [6.07, 6.45) is 0.964. The number of aryl methyl sites for hydroxylation is 1. The summed E-state index contributed by atoms with van der Waals surface area (Å²) in [4.78, 5) is 4.23. The Labute approximate surface area is 140 Å². The first-order valence-electron chi connectivity index (χ1n) is 8.22. The van der Waals surface area contributed by atoms with Crippen molar-refractivity contribution in [2.24, 2.45) is 10.9 Å². The fraction of sp³-hybridized carbons (Fsp3) is 0.611. The zero-order valence-electron chi connectivity index (χ0n) is 15.1. The fourth-order valence-corrected chi connectivity index (χ4v) is 2.08. The Morgan fingerprint density at radius 1 is 1.26 bits per heavy atom. The summed E-state index contributed by atoms with van der Waals surface area (Å²) in [5.74, 6) is 2.30. The van der Waals surface area contributed by atoms with Crippen LogP contribution in [0, 0.1) is 12.8 Å². The second kappa shape index (κ2) is 10.9. The number of methoxy groups -OCH3 is 1. The molecule has 1 aromatic carbocycles. The lowest BCUT2D eigenvalue weighted by atomic mass is 10.1. The number of rotatable bonds is 9. The predicted molar refractivity (Wildman–Crippen MR) is 96.2 cm³/mol. The van der Waals surface area contributed by atoms with Gasteiger partial charge in [-0.15, -0.1) is 0 Å². The van der Waals surface area contributed by atoms with Crippen LogP contribution in [0.5, 0.6) is 5.75 Å². The van der Waals surface area contributed by atoms with E-state index in [1.807, 2.05) is 6.92 Å². The summed E-state index contributed by atoms with van der Waals surface area (Å²) in [5.41, 5.74) is 2.30. The second-order valence-electron chi connectivity index (χ2n) is 5.98. The van der Waals surface area contributed by atoms with Crippen molar-refractivity contribution in [2.45, 2.75) is 33.7 Å². The first-order valence-corrected chi connectivity index (χ1v) is 8.22. The molecule has 0 radical (unpaired) electrons. The van der Waals surface area contributed by atoms with Gasteiger partial charge >= 0.3 is 0 Å². The van der Waals surface area contributed by atoms with Gasteiger partial charge in [-0.3, -0.25) is 4.99 Å². The molecular formula is C18H31N3O2. The van der Waals surface area contributed by atoms with Gasteiger partial charge in [-0.2, -0.15) is 0 Å². The molecule has 0 unspecified atom stereocenters. The SMILES string of the molecule is CN=C(NCCCOCC(C)C)NCc1ccc(C)c(OC)c1. The molecule has 0 aliphatic carbocycles. The van der Waals surface area contributed by atoms with Crippen LogP contribution in [0.1, 0.15) is 31.4 Å². The van der Waals surface area contributed by atoms with Crippen molar-refractivity contribution in [3.63, 3.8) is 0 Å². The van der Waals surface area contributed by atoms with Crippen molar-refractivity contribution >= 4 is 5.96 Å². The van der Waals surface area contributed by atoms with E-state index in [0.717, 1.165) is 49.0 Å². The van der Waals surface area contributed by atoms with Crippen molar-refractivity contribution < 1.29 is 9.47 Å². The van der Waals surface area contributed by atoms with E-state index in [9.17, 15) is 0 Å². The molecule has 0 aromatic heterocycles. The van der Waals surface area contributed by atoms with Crippen LogP contribution >= 0.6 is 0 Å². The smallest absolute Gasteiger partial charge is 0.191 e. The van der Waals surface area contributed by atoms with Gasteiger partial charge in [0.25, 0.3) is 0 Å². The molecule has 0 fully saturated rings. The maximum Gasteiger partial charge on any atom is 0.191 e. The maximum absolute atomic E-state index is 5.56. The van der Waals surface area contributed by atoms with Gasteiger partial charge in [-0.1, -0.05) is 26.0 Å². The van der Waals surface area contributed by atoms with Gasteiger partial charge in [0.1, 0.15) is 5.75 Å². The van der Waals surface area contributed by atoms with Crippen LogP contribution in [0.25, 0.3) is 0 Å². The second-order valence-corrected chi connectivity index (χ2v) is 5.98. The van der Waals surface area contributed by atoms with Gasteiger partial charge in [0, 0.05) is 33.4 Å². The molecule has 1 aromatic rings. The maximum atomic E-state index is 5.56. The first kappa shape index (κ1) is 19.3. The minimum Gasteiger partial charge on any atom is -0.496 e. The average Bonchev–Trinajstić information content (AvgIpc) is 2.54. The van der Waals surface area contributed by atoms with Gasteiger partial charge in [0.2, 0.25) is 0 Å². The Balaban J connectivity index is 2.29. The number of hydrogen-bond acceptors (Lipinski definition) is 3. The number of benzene rings is 1. The van der Waals surface area contributed by atoms with Crippen molar-refractivity contribution in [2.75, 3.05) is 33.9 Å². The van der Waals surface area contributed by atoms with Crippen LogP contribution in [-0.4, -0.2) is 39.9 Å². The lowest BCUT2D eigenvalue weighted by molar-refractivity contribution is 0.108. The Kier molecular flexibility index (Phi) is 9.14. The average molecular weight is 321 g/mol. The standard InChI is InChI=1S/C18H31N3O2/c1-14(2)13-23-10-6-9-20-18(19-4)21-12-16-8-7-15(3)17(11-16)22-5/h7-8,11,14H,6,9-10,12-13H2,1-5H3,(H2,19,20,21). The molecular weight excluding hydrogens is 290 g/mol. The molecule has 0 heterocycles. The highest BCUT2D eigenvalue weighted by Gasteiger charge is 2.02. The summed E-state index contributed by atoms with van der Waals surface area (Å²) < 4.78 is 10.9. The number of hydrogen-bond donors (Lipinski definition) is 2. The van der Waals surface area contributed by atoms with Gasteiger partial charge in [0.15, 0.2) is 5.96 Å². The van der Waals surface area contributed by atoms with E-state index in [0.29, 0.717) is 12.5 Å². The molecule has 0 aliphatic rings. The molecule has 0 saturated carbocycles. The number of nitrogens with one attached hydrogen (secondary N) is 2. The summed E-state index contributed by atoms with van der Waals surface area (Å²) in [6.45, 7) is 9.50. The molecule has 5 heteroatoms. The minimum atomic E-state index is 0.587. The molecule has 0 spiro atoms. The van der Waals surface area contributed by atoms with Gasteiger partial charge < -0.3 is 20.1 Å². The van der Waals surface area contributed by atoms with Crippen molar-refractivity contribution in [3.05, 3.63) is 29.3 Å². The van der Waals surface area contributed by atoms with Crippen LogP contribution in [0.15, 0.2) is 23.2 Å². The van der Waals surface area contributed by atoms with E-state index in [-0.39, 0.29) is 0 Å². The van der Waals surface area contributed by atoms with E-state index in [1.165, 1.54) is 0 Å². The van der Waals surface area contributed by atoms with E-state index in [2.05, 4.69) is 47.7 Å². The minimum absolute atomic E-state index is 0.587. The lowest BCUT2D eigenvalue weighted by Crippen LogP contribution is -2.37. The highest BCUT2D eigenvalue weighted by molar-refractivity contribution is 5.79. The summed E-state index contributed by atoms with van der Waals surface area (Å²) in [7, 11) is 3.47. The van der Waals surface area contributed by atoms with E-state index >= 15 is 0 Å². The molecule has 0 bridgehead atoms. The summed E-state index contributed by atoms with van der Waals surface area (Å²) in [6, 6.07) is 6.21. The van der Waals surface area contributed by atoms with Crippen LogP contribution in [-0.2, 0) is 11.3 Å². The number of ether oxygens (including phenoxy) is 2. The van der Waals surface area contributed by atoms with Crippen LogP contribution < -0.4 is 15.4 Å². The Morgan fingerprint density at radius 3 is 2.70 bits per heavy atom. The zero-order valence-corrected chi connectivity index (χ0v) is 15.1. The molecule has 0 aliphatic heterocycles. The normalized spacial score (nSPS) is 11.7. The molecule has 0 atom stereocenters. The quantitative estimate of drug-likeness (QED) is 0.417. The summed E-state index contributed by atoms with van der Waals surface area (Å²) >= 11 is 0. The highest BCUT2D eigenvalue weighted by Crippen LogP contribution is 2.18. The van der Waals surface area contributed by atoms with Crippen LogP contribution in [0.2, 0.25) is 0 Å². The Morgan fingerprint density at radius 2 is 2.04 bits per heavy atom.